The Kier molecular flexibility index (Phi) is 3.76. The number of amides is 1. The van der Waals surface area contributed by atoms with Gasteiger partial charge in [-0.1, -0.05) is 4.49 Å². The monoisotopic (exact) mass is 283 g/mol. The van der Waals surface area contributed by atoms with Crippen LogP contribution in [0.2, 0.25) is 0 Å². The summed E-state index contributed by atoms with van der Waals surface area (Å²) < 4.78 is 15.2. The molecule has 1 aliphatic heterocycles. The lowest BCUT2D eigenvalue weighted by atomic mass is 9.89. The van der Waals surface area contributed by atoms with Gasteiger partial charge in [0.15, 0.2) is 0 Å². The molecule has 2 fully saturated rings. The van der Waals surface area contributed by atoms with Crippen LogP contribution in [0.3, 0.4) is 0 Å². The second-order valence-electron chi connectivity index (χ2n) is 4.99. The molecule has 19 heavy (non-hydrogen) atoms. The van der Waals surface area contributed by atoms with Crippen molar-refractivity contribution in [1.29, 1.82) is 0 Å². The maximum absolute atomic E-state index is 12.1. The minimum Gasteiger partial charge on any atom is -0.373 e. The Hall–Kier alpha value is -1.05. The summed E-state index contributed by atoms with van der Waals surface area (Å²) in [6.45, 7) is 3.14. The molecule has 1 aromatic rings. The smallest absolute Gasteiger partial charge is 0.265 e. The van der Waals surface area contributed by atoms with Crippen LogP contribution in [-0.2, 0) is 9.47 Å². The van der Waals surface area contributed by atoms with Crippen molar-refractivity contribution in [3.63, 3.8) is 0 Å². The fraction of sp³-hybridized carbons (Fsp3) is 0.750. The number of carbonyl (C=O) groups excluding carboxylic acids is 1. The highest BCUT2D eigenvalue weighted by Gasteiger charge is 2.35. The molecule has 0 bridgehead atoms. The van der Waals surface area contributed by atoms with Gasteiger partial charge in [-0.25, -0.2) is 0 Å². The molecule has 7 heteroatoms. The fourth-order valence-corrected chi connectivity index (χ4v) is 3.25. The van der Waals surface area contributed by atoms with Gasteiger partial charge in [-0.2, -0.15) is 0 Å². The summed E-state index contributed by atoms with van der Waals surface area (Å²) in [5, 5.41) is 6.91. The van der Waals surface area contributed by atoms with Gasteiger partial charge in [0.05, 0.1) is 31.1 Å². The molecule has 1 aliphatic carbocycles. The molecule has 1 saturated heterocycles. The van der Waals surface area contributed by atoms with E-state index in [1.54, 1.807) is 6.92 Å². The zero-order valence-corrected chi connectivity index (χ0v) is 11.6. The largest absolute Gasteiger partial charge is 0.373 e. The van der Waals surface area contributed by atoms with Crippen molar-refractivity contribution in [2.24, 2.45) is 0 Å². The average Bonchev–Trinajstić information content (AvgIpc) is 2.85. The molecule has 1 aromatic heterocycles. The predicted octanol–water partition coefficient (Wildman–Crippen LogP) is 0.913. The highest BCUT2D eigenvalue weighted by atomic mass is 32.1. The van der Waals surface area contributed by atoms with E-state index in [0.717, 1.165) is 30.8 Å². The zero-order chi connectivity index (χ0) is 13.2. The van der Waals surface area contributed by atoms with Gasteiger partial charge >= 0.3 is 0 Å². The van der Waals surface area contributed by atoms with Crippen molar-refractivity contribution < 1.29 is 14.3 Å². The highest BCUT2D eigenvalue weighted by molar-refractivity contribution is 7.08. The Labute approximate surface area is 115 Å². The number of aromatic nitrogens is 2. The average molecular weight is 283 g/mol. The first-order chi connectivity index (χ1) is 9.24. The number of nitrogens with one attached hydrogen (secondary N) is 1. The van der Waals surface area contributed by atoms with Crippen LogP contribution in [0.4, 0.5) is 0 Å². The van der Waals surface area contributed by atoms with Gasteiger partial charge in [-0.3, -0.25) is 4.79 Å². The minimum atomic E-state index is -0.0762. The summed E-state index contributed by atoms with van der Waals surface area (Å²) in [5.74, 6) is -0.0762. The molecule has 6 nitrogen and oxygen atoms in total. The van der Waals surface area contributed by atoms with E-state index >= 15 is 0 Å². The maximum Gasteiger partial charge on any atom is 0.265 e. The molecule has 3 unspecified atom stereocenters. The summed E-state index contributed by atoms with van der Waals surface area (Å²) in [6, 6.07) is 0.150. The van der Waals surface area contributed by atoms with Crippen molar-refractivity contribution in [3.05, 3.63) is 10.6 Å². The van der Waals surface area contributed by atoms with Crippen LogP contribution in [0.25, 0.3) is 0 Å². The second kappa shape index (κ2) is 5.52. The zero-order valence-electron chi connectivity index (χ0n) is 10.8. The first kappa shape index (κ1) is 13.0. The van der Waals surface area contributed by atoms with Gasteiger partial charge in [0, 0.05) is 6.04 Å². The third-order valence-corrected chi connectivity index (χ3v) is 4.50. The first-order valence-corrected chi connectivity index (χ1v) is 7.34. The number of hydrogen-bond acceptors (Lipinski definition) is 6. The van der Waals surface area contributed by atoms with Gasteiger partial charge in [-0.15, -0.1) is 5.10 Å². The van der Waals surface area contributed by atoms with E-state index in [2.05, 4.69) is 14.9 Å². The Morgan fingerprint density at radius 3 is 2.84 bits per heavy atom. The SMILES string of the molecule is Cc1nnsc1C(=O)NC1CCC2OCCOC2C1. The van der Waals surface area contributed by atoms with Crippen LogP contribution in [0.15, 0.2) is 0 Å². The third kappa shape index (κ3) is 2.77. The van der Waals surface area contributed by atoms with Crippen molar-refractivity contribution in [1.82, 2.24) is 14.9 Å². The van der Waals surface area contributed by atoms with Crippen molar-refractivity contribution in [3.8, 4) is 0 Å². The van der Waals surface area contributed by atoms with E-state index in [4.69, 9.17) is 9.47 Å². The van der Waals surface area contributed by atoms with Crippen LogP contribution >= 0.6 is 11.5 Å². The molecule has 0 spiro atoms. The van der Waals surface area contributed by atoms with Crippen LogP contribution in [0.1, 0.15) is 34.6 Å². The molecule has 104 valence electrons. The molecular weight excluding hydrogens is 266 g/mol. The van der Waals surface area contributed by atoms with Crippen LogP contribution in [-0.4, -0.2) is 47.0 Å². The van der Waals surface area contributed by atoms with Gasteiger partial charge in [-0.05, 0) is 37.7 Å². The van der Waals surface area contributed by atoms with E-state index in [1.165, 1.54) is 0 Å². The van der Waals surface area contributed by atoms with E-state index < -0.39 is 0 Å². The molecule has 3 atom stereocenters. The van der Waals surface area contributed by atoms with E-state index in [0.29, 0.717) is 23.8 Å². The number of aryl methyl sites for hydroxylation is 1. The lowest BCUT2D eigenvalue weighted by Crippen LogP contribution is -2.49. The Morgan fingerprint density at radius 2 is 2.11 bits per heavy atom. The topological polar surface area (TPSA) is 73.3 Å². The standard InChI is InChI=1S/C12H17N3O3S/c1-7-11(19-15-14-7)12(16)13-8-2-3-9-10(6-8)18-5-4-17-9/h8-10H,2-6H2,1H3,(H,13,16). The summed E-state index contributed by atoms with van der Waals surface area (Å²) in [5.41, 5.74) is 0.688. The van der Waals surface area contributed by atoms with Crippen LogP contribution in [0, 0.1) is 6.92 Å². The molecule has 1 saturated carbocycles. The van der Waals surface area contributed by atoms with Gasteiger partial charge in [0.1, 0.15) is 4.88 Å². The molecule has 0 aromatic carbocycles. The van der Waals surface area contributed by atoms with Gasteiger partial charge in [0.25, 0.3) is 5.91 Å². The molecule has 2 heterocycles. The van der Waals surface area contributed by atoms with Crippen LogP contribution in [0.5, 0.6) is 0 Å². The van der Waals surface area contributed by atoms with Crippen LogP contribution < -0.4 is 5.32 Å². The number of nitrogens with zero attached hydrogens (tertiary/aromatic N) is 2. The lowest BCUT2D eigenvalue weighted by molar-refractivity contribution is -0.157. The van der Waals surface area contributed by atoms with Crippen molar-refractivity contribution in [2.75, 3.05) is 13.2 Å². The Morgan fingerprint density at radius 1 is 1.32 bits per heavy atom. The number of rotatable bonds is 2. The first-order valence-electron chi connectivity index (χ1n) is 6.57. The van der Waals surface area contributed by atoms with Crippen molar-refractivity contribution >= 4 is 17.4 Å². The Bertz CT molecular complexity index is 465. The Balaban J connectivity index is 1.59. The molecular formula is C12H17N3O3S. The summed E-state index contributed by atoms with van der Waals surface area (Å²) in [4.78, 5) is 12.7. The quantitative estimate of drug-likeness (QED) is 0.873. The van der Waals surface area contributed by atoms with Gasteiger partial charge in [0.2, 0.25) is 0 Å². The normalized spacial score (nSPS) is 30.7. The van der Waals surface area contributed by atoms with E-state index in [9.17, 15) is 4.79 Å². The maximum atomic E-state index is 12.1. The molecule has 1 N–H and O–H groups in total. The lowest BCUT2D eigenvalue weighted by Gasteiger charge is -2.39. The van der Waals surface area contributed by atoms with E-state index in [-0.39, 0.29) is 24.2 Å². The van der Waals surface area contributed by atoms with E-state index in [1.807, 2.05) is 0 Å². The highest BCUT2D eigenvalue weighted by Crippen LogP contribution is 2.27. The number of fused-ring (bicyclic) bond motifs is 1. The third-order valence-electron chi connectivity index (χ3n) is 3.67. The van der Waals surface area contributed by atoms with Gasteiger partial charge < -0.3 is 14.8 Å². The second-order valence-corrected chi connectivity index (χ2v) is 5.74. The molecule has 0 radical (unpaired) electrons. The fourth-order valence-electron chi connectivity index (χ4n) is 2.69. The van der Waals surface area contributed by atoms with Crippen molar-refractivity contribution in [2.45, 2.75) is 44.4 Å². The molecule has 3 rings (SSSR count). The molecule has 1 amide bonds. The number of carbonyl (C=O) groups is 1. The number of ether oxygens (including phenoxy) is 2. The predicted molar refractivity (Wildman–Crippen MR) is 69.2 cm³/mol. The minimum absolute atomic E-state index is 0.0762. The summed E-state index contributed by atoms with van der Waals surface area (Å²) in [6.07, 6.45) is 3.01. The molecule has 2 aliphatic rings. The number of hydrogen-bond donors (Lipinski definition) is 1. The summed E-state index contributed by atoms with van der Waals surface area (Å²) in [7, 11) is 0. The summed E-state index contributed by atoms with van der Waals surface area (Å²) >= 11 is 1.14.